The second-order valence-electron chi connectivity index (χ2n) is 5.09. The van der Waals surface area contributed by atoms with E-state index in [0.717, 1.165) is 0 Å². The Morgan fingerprint density at radius 2 is 1.92 bits per heavy atom. The van der Waals surface area contributed by atoms with E-state index in [9.17, 15) is 9.18 Å². The Hall–Kier alpha value is -1.88. The number of carbonyl (C=O) groups excluding carboxylic acids is 1. The highest BCUT2D eigenvalue weighted by atomic mass is 35.5. The van der Waals surface area contributed by atoms with Crippen LogP contribution in [0.5, 0.6) is 0 Å². The van der Waals surface area contributed by atoms with Crippen LogP contribution in [0.4, 0.5) is 4.39 Å². The first-order valence-electron chi connectivity index (χ1n) is 6.92. The van der Waals surface area contributed by atoms with E-state index in [4.69, 9.17) is 34.8 Å². The summed E-state index contributed by atoms with van der Waals surface area (Å²) in [4.78, 5) is 11.3. The fourth-order valence-electron chi connectivity index (χ4n) is 2.33. The Bertz CT molecular complexity index is 924. The topological polar surface area (TPSA) is 34.9 Å². The summed E-state index contributed by atoms with van der Waals surface area (Å²) in [5.74, 6) is -0.381. The van der Waals surface area contributed by atoms with E-state index < -0.39 is 5.24 Å². The van der Waals surface area contributed by atoms with Crippen LogP contribution >= 0.6 is 34.8 Å². The molecule has 7 heteroatoms. The quantitative estimate of drug-likeness (QED) is 0.574. The smallest absolute Gasteiger partial charge is 0.226 e. The van der Waals surface area contributed by atoms with Crippen molar-refractivity contribution in [1.82, 2.24) is 9.78 Å². The maximum Gasteiger partial charge on any atom is 0.226 e. The summed E-state index contributed by atoms with van der Waals surface area (Å²) < 4.78 is 14.9. The van der Waals surface area contributed by atoms with E-state index in [1.54, 1.807) is 36.5 Å². The van der Waals surface area contributed by atoms with Crippen LogP contribution in [0.25, 0.3) is 16.9 Å². The zero-order valence-electron chi connectivity index (χ0n) is 12.1. The first kappa shape index (κ1) is 17.0. The van der Waals surface area contributed by atoms with Gasteiger partial charge < -0.3 is 0 Å². The van der Waals surface area contributed by atoms with Crippen molar-refractivity contribution >= 4 is 40.0 Å². The maximum atomic E-state index is 13.4. The molecule has 0 spiro atoms. The first-order chi connectivity index (χ1) is 11.4. The fourth-order valence-corrected chi connectivity index (χ4v) is 2.77. The molecule has 0 bridgehead atoms. The third-order valence-corrected chi connectivity index (χ3v) is 4.26. The van der Waals surface area contributed by atoms with Gasteiger partial charge in [0.2, 0.25) is 5.24 Å². The lowest BCUT2D eigenvalue weighted by molar-refractivity contribution is -0.111. The lowest BCUT2D eigenvalue weighted by Gasteiger charge is -2.03. The molecule has 3 nitrogen and oxygen atoms in total. The molecule has 0 saturated carbocycles. The van der Waals surface area contributed by atoms with Gasteiger partial charge in [0.25, 0.3) is 0 Å². The number of carbonyl (C=O) groups is 1. The second-order valence-corrected chi connectivity index (χ2v) is 6.32. The summed E-state index contributed by atoms with van der Waals surface area (Å²) in [6.45, 7) is 0. The number of halogens is 4. The van der Waals surface area contributed by atoms with Gasteiger partial charge in [0.05, 0.1) is 27.8 Å². The van der Waals surface area contributed by atoms with Crippen molar-refractivity contribution in [2.24, 2.45) is 0 Å². The Morgan fingerprint density at radius 3 is 2.58 bits per heavy atom. The van der Waals surface area contributed by atoms with Gasteiger partial charge in [-0.25, -0.2) is 9.07 Å². The van der Waals surface area contributed by atoms with E-state index in [1.807, 2.05) is 0 Å². The zero-order valence-corrected chi connectivity index (χ0v) is 14.4. The molecule has 0 radical (unpaired) electrons. The summed E-state index contributed by atoms with van der Waals surface area (Å²) in [5, 5.41) is 4.72. The van der Waals surface area contributed by atoms with Gasteiger partial charge in [-0.1, -0.05) is 35.3 Å². The molecular weight excluding hydrogens is 374 g/mol. The largest absolute Gasteiger partial charge is 0.281 e. The SMILES string of the molecule is O=C(Cl)Cc1cn(-c2cccc(F)c2)nc1-c1ccc(Cl)c(Cl)c1. The van der Waals surface area contributed by atoms with E-state index in [2.05, 4.69) is 5.10 Å². The lowest BCUT2D eigenvalue weighted by Crippen LogP contribution is -1.95. The Balaban J connectivity index is 2.13. The number of hydrogen-bond donors (Lipinski definition) is 0. The molecule has 0 unspecified atom stereocenters. The van der Waals surface area contributed by atoms with Crippen molar-refractivity contribution in [3.05, 3.63) is 70.1 Å². The Labute approximate surface area is 152 Å². The third-order valence-electron chi connectivity index (χ3n) is 3.39. The van der Waals surface area contributed by atoms with Crippen LogP contribution in [0.15, 0.2) is 48.7 Å². The molecule has 0 aliphatic carbocycles. The molecule has 0 atom stereocenters. The minimum Gasteiger partial charge on any atom is -0.281 e. The van der Waals surface area contributed by atoms with E-state index in [1.165, 1.54) is 16.8 Å². The lowest BCUT2D eigenvalue weighted by atomic mass is 10.1. The molecule has 2 aromatic carbocycles. The van der Waals surface area contributed by atoms with Crippen LogP contribution in [-0.4, -0.2) is 15.0 Å². The molecule has 3 rings (SSSR count). The molecule has 0 aliphatic rings. The monoisotopic (exact) mass is 382 g/mol. The first-order valence-corrected chi connectivity index (χ1v) is 8.05. The highest BCUT2D eigenvalue weighted by Gasteiger charge is 2.15. The van der Waals surface area contributed by atoms with Crippen LogP contribution in [0.2, 0.25) is 10.0 Å². The van der Waals surface area contributed by atoms with Gasteiger partial charge in [-0.3, -0.25) is 4.79 Å². The summed E-state index contributed by atoms with van der Waals surface area (Å²) in [6, 6.07) is 11.0. The van der Waals surface area contributed by atoms with E-state index in [-0.39, 0.29) is 12.2 Å². The summed E-state index contributed by atoms with van der Waals surface area (Å²) >= 11 is 17.5. The number of benzene rings is 2. The standard InChI is InChI=1S/C17H10Cl3FN2O/c18-14-5-4-10(6-15(14)19)17-11(7-16(20)24)9-23(22-17)13-3-1-2-12(21)8-13/h1-6,8-9H,7H2. The van der Waals surface area contributed by atoms with Crippen molar-refractivity contribution in [2.45, 2.75) is 6.42 Å². The highest BCUT2D eigenvalue weighted by Crippen LogP contribution is 2.30. The van der Waals surface area contributed by atoms with Crippen molar-refractivity contribution in [3.8, 4) is 16.9 Å². The third kappa shape index (κ3) is 3.61. The van der Waals surface area contributed by atoms with E-state index in [0.29, 0.717) is 32.6 Å². The molecular formula is C17H10Cl3FN2O. The van der Waals surface area contributed by atoms with Gasteiger partial charge in [0, 0.05) is 17.3 Å². The average molecular weight is 384 g/mol. The van der Waals surface area contributed by atoms with Gasteiger partial charge >= 0.3 is 0 Å². The molecule has 1 heterocycles. The van der Waals surface area contributed by atoms with Gasteiger partial charge in [0.15, 0.2) is 0 Å². The fraction of sp³-hybridized carbons (Fsp3) is 0.0588. The summed E-state index contributed by atoms with van der Waals surface area (Å²) in [5.41, 5.74) is 2.36. The molecule has 0 amide bonds. The number of nitrogens with zero attached hydrogens (tertiary/aromatic N) is 2. The Kier molecular flexibility index (Phi) is 4.90. The number of aromatic nitrogens is 2. The molecule has 0 fully saturated rings. The second kappa shape index (κ2) is 6.93. The normalized spacial score (nSPS) is 10.8. The molecule has 24 heavy (non-hydrogen) atoms. The van der Waals surface area contributed by atoms with Crippen molar-refractivity contribution < 1.29 is 9.18 Å². The number of hydrogen-bond acceptors (Lipinski definition) is 2. The molecule has 0 aliphatic heterocycles. The summed E-state index contributed by atoms with van der Waals surface area (Å²) in [7, 11) is 0. The molecule has 122 valence electrons. The highest BCUT2D eigenvalue weighted by molar-refractivity contribution is 6.63. The van der Waals surface area contributed by atoms with Crippen molar-refractivity contribution in [3.63, 3.8) is 0 Å². The number of rotatable bonds is 4. The zero-order chi connectivity index (χ0) is 17.3. The average Bonchev–Trinajstić information content (AvgIpc) is 2.93. The molecule has 3 aromatic rings. The molecule has 0 saturated heterocycles. The van der Waals surface area contributed by atoms with Crippen LogP contribution < -0.4 is 0 Å². The van der Waals surface area contributed by atoms with Crippen molar-refractivity contribution in [1.29, 1.82) is 0 Å². The maximum absolute atomic E-state index is 13.4. The van der Waals surface area contributed by atoms with E-state index >= 15 is 0 Å². The van der Waals surface area contributed by atoms with Gasteiger partial charge in [-0.2, -0.15) is 5.10 Å². The van der Waals surface area contributed by atoms with Crippen LogP contribution in [0, 0.1) is 5.82 Å². The van der Waals surface area contributed by atoms with Gasteiger partial charge in [0.1, 0.15) is 5.82 Å². The molecule has 0 N–H and O–H groups in total. The van der Waals surface area contributed by atoms with Crippen LogP contribution in [0.3, 0.4) is 0 Å². The predicted octanol–water partition coefficient (Wildman–Crippen LogP) is 5.29. The van der Waals surface area contributed by atoms with Gasteiger partial charge in [-0.05, 0) is 41.9 Å². The molecule has 1 aromatic heterocycles. The summed E-state index contributed by atoms with van der Waals surface area (Å²) in [6.07, 6.45) is 1.64. The van der Waals surface area contributed by atoms with Gasteiger partial charge in [-0.15, -0.1) is 0 Å². The van der Waals surface area contributed by atoms with Crippen LogP contribution in [0.1, 0.15) is 5.56 Å². The van der Waals surface area contributed by atoms with Crippen molar-refractivity contribution in [2.75, 3.05) is 0 Å². The minimum atomic E-state index is -0.518. The minimum absolute atomic E-state index is 0.00749. The van der Waals surface area contributed by atoms with Crippen LogP contribution in [-0.2, 0) is 11.2 Å². The predicted molar refractivity (Wildman–Crippen MR) is 93.5 cm³/mol. The Morgan fingerprint density at radius 1 is 1.12 bits per heavy atom.